The van der Waals surface area contributed by atoms with Crippen LogP contribution >= 0.6 is 22.9 Å². The lowest BCUT2D eigenvalue weighted by molar-refractivity contribution is -0.162. The fourth-order valence-corrected chi connectivity index (χ4v) is 3.67. The number of thiophene rings is 1. The summed E-state index contributed by atoms with van der Waals surface area (Å²) in [6.07, 6.45) is 0. The minimum absolute atomic E-state index is 0.228. The van der Waals surface area contributed by atoms with E-state index >= 15 is 0 Å². The first-order chi connectivity index (χ1) is 11.7. The fraction of sp³-hybridized carbons (Fsp3) is 0.333. The van der Waals surface area contributed by atoms with Gasteiger partial charge < -0.3 is 15.4 Å². The number of carbonyl (C=O) groups is 2. The van der Waals surface area contributed by atoms with Crippen LogP contribution in [0.4, 0.5) is 5.69 Å². The van der Waals surface area contributed by atoms with E-state index in [0.717, 1.165) is 17.0 Å². The second-order valence-electron chi connectivity index (χ2n) is 6.86. The fourth-order valence-electron chi connectivity index (χ4n) is 2.73. The molecular weight excluding hydrogens is 360 g/mol. The van der Waals surface area contributed by atoms with E-state index in [9.17, 15) is 9.59 Å². The summed E-state index contributed by atoms with van der Waals surface area (Å²) in [5, 5.41) is 6.06. The van der Waals surface area contributed by atoms with Crippen molar-refractivity contribution in [2.75, 3.05) is 11.9 Å². The van der Waals surface area contributed by atoms with Crippen molar-refractivity contribution in [3.05, 3.63) is 51.2 Å². The first-order valence-corrected chi connectivity index (χ1v) is 9.05. The van der Waals surface area contributed by atoms with E-state index in [0.29, 0.717) is 14.8 Å². The molecule has 0 saturated carbocycles. The molecule has 5 nitrogen and oxygen atoms in total. The molecule has 1 aromatic carbocycles. The number of para-hydroxylation sites is 1. The second kappa shape index (κ2) is 6.35. The van der Waals surface area contributed by atoms with Gasteiger partial charge in [0.25, 0.3) is 5.91 Å². The number of hydrogen-bond acceptors (Lipinski definition) is 5. The number of fused-ring (bicyclic) bond motifs is 1. The van der Waals surface area contributed by atoms with Crippen molar-refractivity contribution >= 4 is 40.5 Å². The molecular formula is C18H19ClN2O3S. The molecule has 2 aromatic rings. The summed E-state index contributed by atoms with van der Waals surface area (Å²) in [4.78, 5) is 26.2. The number of nitrogens with one attached hydrogen (secondary N) is 2. The summed E-state index contributed by atoms with van der Waals surface area (Å²) in [5.74, 6) is -0.852. The van der Waals surface area contributed by atoms with Gasteiger partial charge >= 0.3 is 5.97 Å². The Morgan fingerprint density at radius 3 is 2.60 bits per heavy atom. The molecule has 0 spiro atoms. The van der Waals surface area contributed by atoms with Crippen LogP contribution in [0.2, 0.25) is 4.34 Å². The van der Waals surface area contributed by atoms with Gasteiger partial charge in [-0.3, -0.25) is 4.79 Å². The van der Waals surface area contributed by atoms with Crippen LogP contribution in [0.3, 0.4) is 0 Å². The van der Waals surface area contributed by atoms with Crippen LogP contribution in [-0.4, -0.2) is 24.0 Å². The van der Waals surface area contributed by atoms with Gasteiger partial charge in [-0.15, -0.1) is 11.3 Å². The predicted molar refractivity (Wildman–Crippen MR) is 99.2 cm³/mol. The van der Waals surface area contributed by atoms with Crippen LogP contribution in [-0.2, 0) is 15.1 Å². The average molecular weight is 379 g/mol. The minimum atomic E-state index is -1.28. The van der Waals surface area contributed by atoms with Crippen molar-refractivity contribution in [1.82, 2.24) is 5.32 Å². The second-order valence-corrected chi connectivity index (χ2v) is 8.58. The van der Waals surface area contributed by atoms with Gasteiger partial charge in [-0.25, -0.2) is 4.79 Å². The molecule has 0 aliphatic carbocycles. The third-order valence-electron chi connectivity index (χ3n) is 3.80. The average Bonchev–Trinajstić information content (AvgIpc) is 3.11. The van der Waals surface area contributed by atoms with Gasteiger partial charge in [0.05, 0.1) is 15.8 Å². The molecule has 1 atom stereocenters. The zero-order valence-corrected chi connectivity index (χ0v) is 15.8. The monoisotopic (exact) mass is 378 g/mol. The Bertz CT molecular complexity index is 828. The quantitative estimate of drug-likeness (QED) is 0.797. The first-order valence-electron chi connectivity index (χ1n) is 7.86. The lowest BCUT2D eigenvalue weighted by atomic mass is 9.91. The first kappa shape index (κ1) is 17.8. The Kier molecular flexibility index (Phi) is 4.51. The molecule has 0 radical (unpaired) electrons. The molecule has 1 unspecified atom stereocenters. The number of rotatable bonds is 3. The van der Waals surface area contributed by atoms with Crippen molar-refractivity contribution in [3.63, 3.8) is 0 Å². The van der Waals surface area contributed by atoms with Gasteiger partial charge in [-0.05, 0) is 39.0 Å². The summed E-state index contributed by atoms with van der Waals surface area (Å²) in [6, 6.07) is 10.7. The van der Waals surface area contributed by atoms with E-state index in [1.54, 1.807) is 32.9 Å². The number of halogens is 1. The maximum absolute atomic E-state index is 13.0. The standard InChI is InChI=1S/C18H19ClN2O3S/c1-17(2,3)24-16(23)18(10-20-12-7-5-4-6-11(12)18)21-15(22)13-8-9-14(19)25-13/h4-9,20H,10H2,1-3H3,(H,21,22). The van der Waals surface area contributed by atoms with Gasteiger partial charge in [-0.2, -0.15) is 0 Å². The Labute approximate surface area is 155 Å². The van der Waals surface area contributed by atoms with Crippen LogP contribution in [0.25, 0.3) is 0 Å². The zero-order valence-electron chi connectivity index (χ0n) is 14.2. The Hall–Kier alpha value is -2.05. The van der Waals surface area contributed by atoms with Crippen LogP contribution < -0.4 is 10.6 Å². The highest BCUT2D eigenvalue weighted by Crippen LogP contribution is 2.37. The third kappa shape index (κ3) is 3.50. The van der Waals surface area contributed by atoms with Crippen molar-refractivity contribution in [3.8, 4) is 0 Å². The molecule has 0 bridgehead atoms. The van der Waals surface area contributed by atoms with Crippen LogP contribution in [0, 0.1) is 0 Å². The van der Waals surface area contributed by atoms with Crippen molar-refractivity contribution in [1.29, 1.82) is 0 Å². The summed E-state index contributed by atoms with van der Waals surface area (Å²) >= 11 is 7.09. The molecule has 1 aliphatic heterocycles. The van der Waals surface area contributed by atoms with E-state index in [1.807, 2.05) is 24.3 Å². The van der Waals surface area contributed by atoms with E-state index in [-0.39, 0.29) is 12.5 Å². The molecule has 2 heterocycles. The highest BCUT2D eigenvalue weighted by molar-refractivity contribution is 7.18. The minimum Gasteiger partial charge on any atom is -0.458 e. The largest absolute Gasteiger partial charge is 0.458 e. The van der Waals surface area contributed by atoms with Crippen LogP contribution in [0.1, 0.15) is 36.0 Å². The Morgan fingerprint density at radius 1 is 1.24 bits per heavy atom. The summed E-state index contributed by atoms with van der Waals surface area (Å²) in [5.41, 5.74) is -0.450. The van der Waals surface area contributed by atoms with Gasteiger partial charge in [0, 0.05) is 11.3 Å². The Morgan fingerprint density at radius 2 is 1.96 bits per heavy atom. The van der Waals surface area contributed by atoms with E-state index in [2.05, 4.69) is 10.6 Å². The van der Waals surface area contributed by atoms with Crippen molar-refractivity contribution in [2.24, 2.45) is 0 Å². The van der Waals surface area contributed by atoms with Crippen LogP contribution in [0.5, 0.6) is 0 Å². The number of anilines is 1. The predicted octanol–water partition coefficient (Wildman–Crippen LogP) is 3.79. The maximum atomic E-state index is 13.0. The number of amides is 1. The molecule has 25 heavy (non-hydrogen) atoms. The zero-order chi connectivity index (χ0) is 18.2. The summed E-state index contributed by atoms with van der Waals surface area (Å²) in [7, 11) is 0. The van der Waals surface area contributed by atoms with Crippen LogP contribution in [0.15, 0.2) is 36.4 Å². The number of ether oxygens (including phenoxy) is 1. The maximum Gasteiger partial charge on any atom is 0.339 e. The number of esters is 1. The normalized spacial score (nSPS) is 19.0. The van der Waals surface area contributed by atoms with Gasteiger partial charge in [-0.1, -0.05) is 29.8 Å². The SMILES string of the molecule is CC(C)(C)OC(=O)C1(NC(=O)c2ccc(Cl)s2)CNc2ccccc21. The number of hydrogen-bond donors (Lipinski definition) is 2. The summed E-state index contributed by atoms with van der Waals surface area (Å²) in [6.45, 7) is 5.63. The topological polar surface area (TPSA) is 67.4 Å². The van der Waals surface area contributed by atoms with E-state index in [1.165, 1.54) is 0 Å². The molecule has 0 saturated heterocycles. The van der Waals surface area contributed by atoms with Crippen molar-refractivity contribution in [2.45, 2.75) is 31.9 Å². The van der Waals surface area contributed by atoms with Gasteiger partial charge in [0.2, 0.25) is 0 Å². The van der Waals surface area contributed by atoms with E-state index < -0.39 is 17.1 Å². The molecule has 1 aromatic heterocycles. The van der Waals surface area contributed by atoms with Crippen molar-refractivity contribution < 1.29 is 14.3 Å². The molecule has 2 N–H and O–H groups in total. The molecule has 7 heteroatoms. The molecule has 3 rings (SSSR count). The molecule has 1 amide bonds. The van der Waals surface area contributed by atoms with E-state index in [4.69, 9.17) is 16.3 Å². The van der Waals surface area contributed by atoms with Gasteiger partial charge in [0.1, 0.15) is 5.60 Å². The Balaban J connectivity index is 1.99. The number of carbonyl (C=O) groups excluding carboxylic acids is 2. The lowest BCUT2D eigenvalue weighted by Crippen LogP contribution is -2.55. The smallest absolute Gasteiger partial charge is 0.339 e. The highest BCUT2D eigenvalue weighted by Gasteiger charge is 2.49. The molecule has 0 fully saturated rings. The third-order valence-corrected chi connectivity index (χ3v) is 5.03. The molecule has 1 aliphatic rings. The van der Waals surface area contributed by atoms with Gasteiger partial charge in [0.15, 0.2) is 5.54 Å². The highest BCUT2D eigenvalue weighted by atomic mass is 35.5. The number of benzene rings is 1. The summed E-state index contributed by atoms with van der Waals surface area (Å²) < 4.78 is 6.12. The molecule has 132 valence electrons. The lowest BCUT2D eigenvalue weighted by Gasteiger charge is -2.32.